The maximum Gasteiger partial charge on any atom is 0.303 e. The van der Waals surface area contributed by atoms with Crippen LogP contribution in [0.3, 0.4) is 0 Å². The van der Waals surface area contributed by atoms with Crippen molar-refractivity contribution in [2.45, 2.75) is 45.4 Å². The molecule has 5 heteroatoms. The highest BCUT2D eigenvalue weighted by Gasteiger charge is 2.34. The van der Waals surface area contributed by atoms with Crippen molar-refractivity contribution in [3.63, 3.8) is 0 Å². The summed E-state index contributed by atoms with van der Waals surface area (Å²) in [6.07, 6.45) is 8.96. The Morgan fingerprint density at radius 3 is 2.63 bits per heavy atom. The van der Waals surface area contributed by atoms with Gasteiger partial charge in [0.1, 0.15) is 5.82 Å². The van der Waals surface area contributed by atoms with Gasteiger partial charge in [-0.25, -0.2) is 4.98 Å². The molecule has 0 unspecified atom stereocenters. The molecule has 5 nitrogen and oxygen atoms in total. The van der Waals surface area contributed by atoms with Gasteiger partial charge in [-0.2, -0.15) is 0 Å². The summed E-state index contributed by atoms with van der Waals surface area (Å²) >= 11 is 0. The number of aryl methyl sites for hydroxylation is 1. The van der Waals surface area contributed by atoms with Gasteiger partial charge in [0.05, 0.1) is 12.1 Å². The van der Waals surface area contributed by atoms with Crippen LogP contribution in [0, 0.1) is 12.3 Å². The van der Waals surface area contributed by atoms with Crippen LogP contribution in [0.25, 0.3) is 0 Å². The molecule has 1 aliphatic rings. The highest BCUT2D eigenvalue weighted by Crippen LogP contribution is 2.39. The molecule has 0 radical (unpaired) electrons. The first-order valence-corrected chi connectivity index (χ1v) is 6.85. The van der Waals surface area contributed by atoms with E-state index in [-0.39, 0.29) is 11.8 Å². The van der Waals surface area contributed by atoms with E-state index in [1.54, 1.807) is 12.4 Å². The fraction of sp³-hybridized carbons (Fsp3) is 0.643. The zero-order valence-electron chi connectivity index (χ0n) is 11.4. The number of carboxylic acids is 1. The molecule has 0 spiro atoms. The van der Waals surface area contributed by atoms with Gasteiger partial charge < -0.3 is 10.4 Å². The van der Waals surface area contributed by atoms with Crippen molar-refractivity contribution >= 4 is 11.8 Å². The minimum absolute atomic E-state index is 0.131. The van der Waals surface area contributed by atoms with Crippen LogP contribution in [0.15, 0.2) is 12.4 Å². The second-order valence-electron chi connectivity index (χ2n) is 5.48. The van der Waals surface area contributed by atoms with E-state index in [4.69, 9.17) is 5.11 Å². The maximum absolute atomic E-state index is 11.1. The Morgan fingerprint density at radius 1 is 1.32 bits per heavy atom. The maximum atomic E-state index is 11.1. The van der Waals surface area contributed by atoms with Gasteiger partial charge in [0, 0.05) is 18.9 Å². The molecule has 0 aliphatic heterocycles. The van der Waals surface area contributed by atoms with Crippen molar-refractivity contribution in [3.05, 3.63) is 18.1 Å². The monoisotopic (exact) mass is 263 g/mol. The van der Waals surface area contributed by atoms with Gasteiger partial charge in [-0.05, 0) is 25.2 Å². The largest absolute Gasteiger partial charge is 0.481 e. The number of hydrogen-bond donors (Lipinski definition) is 2. The lowest BCUT2D eigenvalue weighted by Gasteiger charge is -2.36. The number of hydrogen-bond acceptors (Lipinski definition) is 4. The van der Waals surface area contributed by atoms with Crippen molar-refractivity contribution in [3.8, 4) is 0 Å². The smallest absolute Gasteiger partial charge is 0.303 e. The third kappa shape index (κ3) is 3.66. The molecule has 0 bridgehead atoms. The van der Waals surface area contributed by atoms with Gasteiger partial charge in [0.25, 0.3) is 0 Å². The second kappa shape index (κ2) is 5.99. The van der Waals surface area contributed by atoms with Gasteiger partial charge in [-0.3, -0.25) is 9.78 Å². The van der Waals surface area contributed by atoms with E-state index in [9.17, 15) is 4.79 Å². The summed E-state index contributed by atoms with van der Waals surface area (Å²) in [4.78, 5) is 19.5. The molecule has 0 atom stereocenters. The Bertz CT molecular complexity index is 442. The zero-order valence-corrected chi connectivity index (χ0v) is 11.4. The predicted octanol–water partition coefficient (Wildman–Crippen LogP) is 2.62. The Hall–Kier alpha value is -1.65. The number of anilines is 1. The lowest BCUT2D eigenvalue weighted by atomic mass is 9.71. The van der Waals surface area contributed by atoms with Crippen LogP contribution in [0.4, 0.5) is 5.82 Å². The minimum atomic E-state index is -0.709. The molecule has 1 fully saturated rings. The Kier molecular flexibility index (Phi) is 4.35. The van der Waals surface area contributed by atoms with E-state index < -0.39 is 5.97 Å². The predicted molar refractivity (Wildman–Crippen MR) is 73.0 cm³/mol. The van der Waals surface area contributed by atoms with Crippen molar-refractivity contribution in [2.75, 3.05) is 11.9 Å². The van der Waals surface area contributed by atoms with Crippen LogP contribution < -0.4 is 5.32 Å². The first-order valence-electron chi connectivity index (χ1n) is 6.85. The van der Waals surface area contributed by atoms with E-state index >= 15 is 0 Å². The van der Waals surface area contributed by atoms with Gasteiger partial charge >= 0.3 is 5.97 Å². The minimum Gasteiger partial charge on any atom is -0.481 e. The van der Waals surface area contributed by atoms with Crippen LogP contribution in [0.1, 0.15) is 44.2 Å². The lowest BCUT2D eigenvalue weighted by Crippen LogP contribution is -2.34. The van der Waals surface area contributed by atoms with Crippen LogP contribution in [-0.2, 0) is 4.79 Å². The molecule has 0 saturated heterocycles. The average molecular weight is 263 g/mol. The van der Waals surface area contributed by atoms with Crippen LogP contribution in [-0.4, -0.2) is 27.6 Å². The van der Waals surface area contributed by atoms with Crippen molar-refractivity contribution in [1.29, 1.82) is 0 Å². The number of carboxylic acid groups (broad SMARTS) is 1. The molecule has 104 valence electrons. The number of rotatable bonds is 5. The number of aliphatic carboxylic acids is 1. The zero-order chi connectivity index (χ0) is 13.7. The van der Waals surface area contributed by atoms with Gasteiger partial charge in [-0.15, -0.1) is 0 Å². The molecule has 1 saturated carbocycles. The molecular formula is C14H21N3O2. The average Bonchev–Trinajstić information content (AvgIpc) is 2.38. The third-order valence-electron chi connectivity index (χ3n) is 3.95. The van der Waals surface area contributed by atoms with Crippen molar-refractivity contribution in [2.24, 2.45) is 5.41 Å². The van der Waals surface area contributed by atoms with Crippen LogP contribution >= 0.6 is 0 Å². The fourth-order valence-electron chi connectivity index (χ4n) is 2.89. The Labute approximate surface area is 113 Å². The number of aromatic nitrogens is 2. The highest BCUT2D eigenvalue weighted by molar-refractivity contribution is 5.68. The van der Waals surface area contributed by atoms with E-state index in [1.165, 1.54) is 6.42 Å². The van der Waals surface area contributed by atoms with E-state index in [1.807, 2.05) is 6.92 Å². The third-order valence-corrected chi connectivity index (χ3v) is 3.95. The molecule has 1 aromatic rings. The van der Waals surface area contributed by atoms with E-state index in [0.717, 1.165) is 37.2 Å². The quantitative estimate of drug-likeness (QED) is 0.854. The number of nitrogens with zero attached hydrogens (tertiary/aromatic N) is 2. The second-order valence-corrected chi connectivity index (χ2v) is 5.48. The molecular weight excluding hydrogens is 242 g/mol. The summed E-state index contributed by atoms with van der Waals surface area (Å²) in [6, 6.07) is 0. The number of nitrogens with one attached hydrogen (secondary N) is 1. The number of carbonyl (C=O) groups is 1. The summed E-state index contributed by atoms with van der Waals surface area (Å²) in [5, 5.41) is 12.4. The summed E-state index contributed by atoms with van der Waals surface area (Å²) < 4.78 is 0. The highest BCUT2D eigenvalue weighted by atomic mass is 16.4. The van der Waals surface area contributed by atoms with E-state index in [2.05, 4.69) is 15.3 Å². The molecule has 0 aromatic carbocycles. The van der Waals surface area contributed by atoms with Gasteiger partial charge in [0.15, 0.2) is 0 Å². The van der Waals surface area contributed by atoms with Crippen molar-refractivity contribution in [1.82, 2.24) is 9.97 Å². The van der Waals surface area contributed by atoms with E-state index in [0.29, 0.717) is 6.54 Å². The first-order chi connectivity index (χ1) is 9.11. The summed E-state index contributed by atoms with van der Waals surface area (Å²) in [5.41, 5.74) is 0.720. The lowest BCUT2D eigenvalue weighted by molar-refractivity contribution is -0.140. The Balaban J connectivity index is 2.04. The summed E-state index contributed by atoms with van der Waals surface area (Å²) in [7, 11) is 0. The molecule has 19 heavy (non-hydrogen) atoms. The first kappa shape index (κ1) is 13.8. The topological polar surface area (TPSA) is 75.1 Å². The summed E-state index contributed by atoms with van der Waals surface area (Å²) in [5.74, 6) is 0.0532. The molecule has 1 aromatic heterocycles. The van der Waals surface area contributed by atoms with Crippen LogP contribution in [0.2, 0.25) is 0 Å². The Morgan fingerprint density at radius 2 is 2.00 bits per heavy atom. The van der Waals surface area contributed by atoms with Gasteiger partial charge in [-0.1, -0.05) is 19.3 Å². The standard InChI is InChI=1S/C14H21N3O2/c1-11-13(16-8-7-15-11)17-10-14(9-12(18)19)5-3-2-4-6-14/h7-8H,2-6,9-10H2,1H3,(H,16,17)(H,18,19). The molecule has 0 amide bonds. The molecule has 2 N–H and O–H groups in total. The normalized spacial score (nSPS) is 17.9. The van der Waals surface area contributed by atoms with Crippen LogP contribution in [0.5, 0.6) is 0 Å². The molecule has 1 aliphatic carbocycles. The summed E-state index contributed by atoms with van der Waals surface area (Å²) in [6.45, 7) is 2.57. The SMILES string of the molecule is Cc1nccnc1NCC1(CC(=O)O)CCCCC1. The van der Waals surface area contributed by atoms with Crippen molar-refractivity contribution < 1.29 is 9.90 Å². The molecule has 2 rings (SSSR count). The van der Waals surface area contributed by atoms with Gasteiger partial charge in [0.2, 0.25) is 0 Å². The fourth-order valence-corrected chi connectivity index (χ4v) is 2.89. The molecule has 1 heterocycles.